The number of nitrogens with one attached hydrogen (secondary N) is 1. The first-order valence-electron chi connectivity index (χ1n) is 8.23. The minimum Gasteiger partial charge on any atom is -0.373 e. The highest BCUT2D eigenvalue weighted by atomic mass is 32.2. The van der Waals surface area contributed by atoms with Gasteiger partial charge >= 0.3 is 0 Å². The highest BCUT2D eigenvalue weighted by molar-refractivity contribution is 7.86. The average Bonchev–Trinajstić information content (AvgIpc) is 2.51. The Labute approximate surface area is 138 Å². The zero-order valence-corrected chi connectivity index (χ0v) is 14.7. The van der Waals surface area contributed by atoms with E-state index in [-0.39, 0.29) is 30.6 Å². The van der Waals surface area contributed by atoms with Gasteiger partial charge < -0.3 is 15.8 Å². The molecule has 0 bridgehead atoms. The standard InChI is InChI=1S/C14H28N4O4S/c1-11-8-18(9-12(2)22-11)23(20,21)17-7-3-4-13(10-17)14(19)16-6-5-15/h11-13H,3-10,15H2,1-2H3,(H,16,19). The number of amides is 1. The maximum Gasteiger partial charge on any atom is 0.282 e. The van der Waals surface area contributed by atoms with E-state index in [9.17, 15) is 13.2 Å². The number of hydrogen-bond donors (Lipinski definition) is 2. The number of carbonyl (C=O) groups is 1. The van der Waals surface area contributed by atoms with Crippen LogP contribution < -0.4 is 11.1 Å². The molecule has 1 amide bonds. The van der Waals surface area contributed by atoms with Crippen molar-refractivity contribution in [2.45, 2.75) is 38.9 Å². The van der Waals surface area contributed by atoms with Crippen LogP contribution in [0.3, 0.4) is 0 Å². The summed E-state index contributed by atoms with van der Waals surface area (Å²) < 4.78 is 34.2. The Kier molecular flexibility index (Phi) is 6.38. The highest BCUT2D eigenvalue weighted by Crippen LogP contribution is 2.23. The molecule has 0 radical (unpaired) electrons. The second kappa shape index (κ2) is 7.89. The Morgan fingerprint density at radius 2 is 1.87 bits per heavy atom. The zero-order chi connectivity index (χ0) is 17.0. The summed E-state index contributed by atoms with van der Waals surface area (Å²) in [4.78, 5) is 12.1. The van der Waals surface area contributed by atoms with Crippen molar-refractivity contribution < 1.29 is 17.9 Å². The lowest BCUT2D eigenvalue weighted by Gasteiger charge is -2.39. The van der Waals surface area contributed by atoms with Gasteiger partial charge in [-0.05, 0) is 26.7 Å². The van der Waals surface area contributed by atoms with Gasteiger partial charge in [0, 0.05) is 39.3 Å². The molecule has 0 aliphatic carbocycles. The zero-order valence-electron chi connectivity index (χ0n) is 13.9. The number of nitrogens with zero attached hydrogens (tertiary/aromatic N) is 2. The third-order valence-electron chi connectivity index (χ3n) is 4.24. The first-order valence-corrected chi connectivity index (χ1v) is 9.62. The van der Waals surface area contributed by atoms with Gasteiger partial charge in [0.15, 0.2) is 0 Å². The van der Waals surface area contributed by atoms with Crippen molar-refractivity contribution in [1.29, 1.82) is 0 Å². The summed E-state index contributed by atoms with van der Waals surface area (Å²) in [7, 11) is -3.56. The lowest BCUT2D eigenvalue weighted by Crippen LogP contribution is -2.55. The molecule has 0 aromatic heterocycles. The number of piperidine rings is 1. The van der Waals surface area contributed by atoms with Gasteiger partial charge in [-0.15, -0.1) is 0 Å². The summed E-state index contributed by atoms with van der Waals surface area (Å²) in [5.74, 6) is -0.417. The quantitative estimate of drug-likeness (QED) is 0.672. The van der Waals surface area contributed by atoms with Gasteiger partial charge in [0.05, 0.1) is 18.1 Å². The first-order chi connectivity index (χ1) is 10.8. The maximum absolute atomic E-state index is 12.9. The molecule has 3 N–H and O–H groups in total. The SMILES string of the molecule is CC1CN(S(=O)(=O)N2CCCC(C(=O)NCCN)C2)CC(C)O1. The molecule has 3 atom stereocenters. The molecule has 0 spiro atoms. The first kappa shape index (κ1) is 18.6. The van der Waals surface area contributed by atoms with E-state index >= 15 is 0 Å². The molecule has 2 heterocycles. The molecule has 2 rings (SSSR count). The van der Waals surface area contributed by atoms with Crippen LogP contribution in [0.2, 0.25) is 0 Å². The van der Waals surface area contributed by atoms with E-state index in [1.54, 1.807) is 0 Å². The van der Waals surface area contributed by atoms with E-state index in [1.165, 1.54) is 8.61 Å². The highest BCUT2D eigenvalue weighted by Gasteiger charge is 2.38. The predicted octanol–water partition coefficient (Wildman–Crippen LogP) is -0.873. The van der Waals surface area contributed by atoms with Crippen molar-refractivity contribution in [3.05, 3.63) is 0 Å². The molecule has 2 fully saturated rings. The summed E-state index contributed by atoms with van der Waals surface area (Å²) in [5, 5.41) is 2.75. The smallest absolute Gasteiger partial charge is 0.282 e. The Bertz CT molecular complexity index is 503. The largest absolute Gasteiger partial charge is 0.373 e. The van der Waals surface area contributed by atoms with Crippen molar-refractivity contribution >= 4 is 16.1 Å². The van der Waals surface area contributed by atoms with Gasteiger partial charge in [0.25, 0.3) is 10.2 Å². The van der Waals surface area contributed by atoms with Gasteiger partial charge in [-0.25, -0.2) is 0 Å². The monoisotopic (exact) mass is 348 g/mol. The molecule has 134 valence electrons. The molecule has 9 heteroatoms. The van der Waals surface area contributed by atoms with Crippen molar-refractivity contribution in [1.82, 2.24) is 13.9 Å². The van der Waals surface area contributed by atoms with E-state index in [2.05, 4.69) is 5.32 Å². The Morgan fingerprint density at radius 1 is 1.22 bits per heavy atom. The lowest BCUT2D eigenvalue weighted by molar-refractivity contribution is -0.126. The number of ether oxygens (including phenoxy) is 1. The minimum atomic E-state index is -3.56. The van der Waals surface area contributed by atoms with E-state index in [1.807, 2.05) is 13.8 Å². The van der Waals surface area contributed by atoms with Crippen LogP contribution in [0.15, 0.2) is 0 Å². The lowest BCUT2D eigenvalue weighted by atomic mass is 9.99. The second-order valence-corrected chi connectivity index (χ2v) is 8.29. The Balaban J connectivity index is 2.03. The number of hydrogen-bond acceptors (Lipinski definition) is 5. The Morgan fingerprint density at radius 3 is 2.48 bits per heavy atom. The molecule has 0 aromatic rings. The van der Waals surface area contributed by atoms with Crippen LogP contribution in [0.5, 0.6) is 0 Å². The maximum atomic E-state index is 12.9. The number of morpholine rings is 1. The molecule has 0 aromatic carbocycles. The van der Waals surface area contributed by atoms with E-state index in [0.717, 1.165) is 0 Å². The van der Waals surface area contributed by atoms with Crippen LogP contribution in [0.1, 0.15) is 26.7 Å². The van der Waals surface area contributed by atoms with Gasteiger partial charge in [0.1, 0.15) is 0 Å². The van der Waals surface area contributed by atoms with Gasteiger partial charge in [-0.2, -0.15) is 17.0 Å². The van der Waals surface area contributed by atoms with E-state index in [4.69, 9.17) is 10.5 Å². The molecule has 8 nitrogen and oxygen atoms in total. The van der Waals surface area contributed by atoms with Crippen LogP contribution in [0.25, 0.3) is 0 Å². The molecular weight excluding hydrogens is 320 g/mol. The van der Waals surface area contributed by atoms with E-state index in [0.29, 0.717) is 45.6 Å². The predicted molar refractivity (Wildman–Crippen MR) is 86.9 cm³/mol. The van der Waals surface area contributed by atoms with Crippen molar-refractivity contribution in [3.8, 4) is 0 Å². The van der Waals surface area contributed by atoms with Crippen molar-refractivity contribution in [2.24, 2.45) is 11.7 Å². The molecule has 0 saturated carbocycles. The molecule has 23 heavy (non-hydrogen) atoms. The fourth-order valence-corrected chi connectivity index (χ4v) is 5.04. The molecule has 2 aliphatic rings. The Hall–Kier alpha value is -0.740. The molecule has 2 saturated heterocycles. The van der Waals surface area contributed by atoms with Crippen LogP contribution >= 0.6 is 0 Å². The van der Waals surface area contributed by atoms with Crippen molar-refractivity contribution in [2.75, 3.05) is 39.3 Å². The van der Waals surface area contributed by atoms with Gasteiger partial charge in [-0.1, -0.05) is 0 Å². The normalized spacial score (nSPS) is 31.0. The topological polar surface area (TPSA) is 105 Å². The molecule has 2 aliphatic heterocycles. The van der Waals surface area contributed by atoms with Crippen LogP contribution in [-0.2, 0) is 19.7 Å². The third kappa shape index (κ3) is 4.63. The minimum absolute atomic E-state index is 0.112. The van der Waals surface area contributed by atoms with Gasteiger partial charge in [-0.3, -0.25) is 4.79 Å². The van der Waals surface area contributed by atoms with Crippen LogP contribution in [0.4, 0.5) is 0 Å². The van der Waals surface area contributed by atoms with E-state index < -0.39 is 10.2 Å². The summed E-state index contributed by atoms with van der Waals surface area (Å²) in [6.07, 6.45) is 1.15. The summed E-state index contributed by atoms with van der Waals surface area (Å²) >= 11 is 0. The van der Waals surface area contributed by atoms with Gasteiger partial charge in [0.2, 0.25) is 5.91 Å². The third-order valence-corrected chi connectivity index (χ3v) is 6.17. The number of nitrogens with two attached hydrogens (primary N) is 1. The fraction of sp³-hybridized carbons (Fsp3) is 0.929. The van der Waals surface area contributed by atoms with Crippen molar-refractivity contribution in [3.63, 3.8) is 0 Å². The number of carbonyl (C=O) groups excluding carboxylic acids is 1. The second-order valence-electron chi connectivity index (χ2n) is 6.36. The molecule has 3 unspecified atom stereocenters. The van der Waals surface area contributed by atoms with Crippen LogP contribution in [0, 0.1) is 5.92 Å². The fourth-order valence-electron chi connectivity index (χ4n) is 3.19. The summed E-state index contributed by atoms with van der Waals surface area (Å²) in [5.41, 5.74) is 5.39. The summed E-state index contributed by atoms with van der Waals surface area (Å²) in [6.45, 7) is 5.95. The van der Waals surface area contributed by atoms with Crippen LogP contribution in [-0.4, -0.2) is 74.4 Å². The number of rotatable bonds is 5. The molecular formula is C14H28N4O4S. The summed E-state index contributed by atoms with van der Waals surface area (Å²) in [6, 6.07) is 0. The average molecular weight is 348 g/mol.